The standard InChI is InChI=1S/C36H31ClFN3O6/c1-40(36(45)46)34(42)22-9-14-28(21-7-11-25(37)12-8-21)24(17-22)20-47-27-13-15-29(30(38)19-27)33-39-31-18-23(35(43)44)10-16-32(31)41(33)26-5-3-2-4-6-26/h7-19,26H,2-6,20H2,1H3,(H,43,44)(H,45,46). The summed E-state index contributed by atoms with van der Waals surface area (Å²) in [5, 5.41) is 19.4. The van der Waals surface area contributed by atoms with Crippen molar-refractivity contribution >= 4 is 40.6 Å². The predicted octanol–water partition coefficient (Wildman–Crippen LogP) is 8.70. The lowest BCUT2D eigenvalue weighted by Crippen LogP contribution is -2.31. The minimum Gasteiger partial charge on any atom is -0.489 e. The number of aromatic carboxylic acids is 1. The zero-order chi connectivity index (χ0) is 33.2. The first kappa shape index (κ1) is 31.7. The topological polar surface area (TPSA) is 122 Å². The Kier molecular flexibility index (Phi) is 8.95. The van der Waals surface area contributed by atoms with Crippen molar-refractivity contribution in [1.82, 2.24) is 14.5 Å². The molecule has 0 atom stereocenters. The number of nitrogens with zero attached hydrogens (tertiary/aromatic N) is 3. The van der Waals surface area contributed by atoms with Gasteiger partial charge in [-0.15, -0.1) is 0 Å². The molecule has 5 aromatic rings. The van der Waals surface area contributed by atoms with E-state index in [4.69, 9.17) is 21.3 Å². The number of hydrogen-bond acceptors (Lipinski definition) is 5. The molecule has 1 saturated carbocycles. The Labute approximate surface area is 274 Å². The Morgan fingerprint density at radius 3 is 2.30 bits per heavy atom. The Balaban J connectivity index is 1.33. The van der Waals surface area contributed by atoms with E-state index < -0.39 is 23.8 Å². The van der Waals surface area contributed by atoms with E-state index in [0.717, 1.165) is 48.7 Å². The fourth-order valence-electron chi connectivity index (χ4n) is 6.10. The molecule has 6 rings (SSSR count). The van der Waals surface area contributed by atoms with Gasteiger partial charge in [-0.25, -0.2) is 23.9 Å². The van der Waals surface area contributed by atoms with Gasteiger partial charge in [-0.1, -0.05) is 49.1 Å². The third-order valence-corrected chi connectivity index (χ3v) is 8.80. The number of benzene rings is 4. The molecule has 0 bridgehead atoms. The first-order valence-corrected chi connectivity index (χ1v) is 15.6. The van der Waals surface area contributed by atoms with E-state index in [0.29, 0.717) is 26.8 Å². The molecular formula is C36H31ClFN3O6. The number of halogens is 2. The Morgan fingerprint density at radius 2 is 1.62 bits per heavy atom. The van der Waals surface area contributed by atoms with Crippen LogP contribution in [0.1, 0.15) is 64.4 Å². The van der Waals surface area contributed by atoms with Gasteiger partial charge in [-0.2, -0.15) is 0 Å². The lowest BCUT2D eigenvalue weighted by Gasteiger charge is -2.25. The fourth-order valence-corrected chi connectivity index (χ4v) is 6.22. The first-order chi connectivity index (χ1) is 22.6. The largest absolute Gasteiger partial charge is 0.489 e. The number of amides is 2. The monoisotopic (exact) mass is 655 g/mol. The number of carbonyl (C=O) groups is 3. The van der Waals surface area contributed by atoms with Gasteiger partial charge in [-0.05, 0) is 84.1 Å². The summed E-state index contributed by atoms with van der Waals surface area (Å²) >= 11 is 6.08. The highest BCUT2D eigenvalue weighted by molar-refractivity contribution is 6.30. The van der Waals surface area contributed by atoms with Crippen LogP contribution >= 0.6 is 11.6 Å². The van der Waals surface area contributed by atoms with E-state index in [9.17, 15) is 24.6 Å². The van der Waals surface area contributed by atoms with Crippen LogP contribution in [0.5, 0.6) is 5.75 Å². The molecule has 0 unspecified atom stereocenters. The van der Waals surface area contributed by atoms with Gasteiger partial charge in [0.2, 0.25) is 0 Å². The van der Waals surface area contributed by atoms with Crippen molar-refractivity contribution in [2.75, 3.05) is 7.05 Å². The molecule has 1 aliphatic carbocycles. The zero-order valence-electron chi connectivity index (χ0n) is 25.5. The normalized spacial score (nSPS) is 13.4. The number of ether oxygens (including phenoxy) is 1. The molecule has 1 fully saturated rings. The highest BCUT2D eigenvalue weighted by atomic mass is 35.5. The van der Waals surface area contributed by atoms with E-state index in [1.807, 2.05) is 16.7 Å². The molecule has 11 heteroatoms. The van der Waals surface area contributed by atoms with Crippen LogP contribution < -0.4 is 4.74 Å². The molecule has 47 heavy (non-hydrogen) atoms. The lowest BCUT2D eigenvalue weighted by atomic mass is 9.94. The number of carboxylic acid groups (broad SMARTS) is 2. The average molecular weight is 656 g/mol. The fraction of sp³-hybridized carbons (Fsp3) is 0.222. The van der Waals surface area contributed by atoms with Crippen LogP contribution in [0.2, 0.25) is 5.02 Å². The second-order valence-electron chi connectivity index (χ2n) is 11.6. The predicted molar refractivity (Wildman–Crippen MR) is 176 cm³/mol. The number of hydrogen-bond donors (Lipinski definition) is 2. The van der Waals surface area contributed by atoms with Crippen molar-refractivity contribution in [3.63, 3.8) is 0 Å². The number of rotatable bonds is 8. The highest BCUT2D eigenvalue weighted by Gasteiger charge is 2.25. The van der Waals surface area contributed by atoms with Crippen molar-refractivity contribution < 1.29 is 33.7 Å². The Morgan fingerprint density at radius 1 is 0.915 bits per heavy atom. The third kappa shape index (κ3) is 6.55. The molecule has 1 heterocycles. The van der Waals surface area contributed by atoms with Crippen LogP contribution in [0.25, 0.3) is 33.5 Å². The average Bonchev–Trinajstić information content (AvgIpc) is 3.46. The van der Waals surface area contributed by atoms with E-state index in [2.05, 4.69) is 0 Å². The van der Waals surface area contributed by atoms with Gasteiger partial charge in [0.05, 0.1) is 22.2 Å². The number of fused-ring (bicyclic) bond motifs is 1. The summed E-state index contributed by atoms with van der Waals surface area (Å²) in [5.41, 5.74) is 3.89. The molecular weight excluding hydrogens is 625 g/mol. The van der Waals surface area contributed by atoms with Gasteiger partial charge in [0.25, 0.3) is 5.91 Å². The molecule has 4 aromatic carbocycles. The van der Waals surface area contributed by atoms with E-state index in [-0.39, 0.29) is 35.1 Å². The maximum Gasteiger partial charge on any atom is 0.414 e. The summed E-state index contributed by atoms with van der Waals surface area (Å²) in [5.74, 6) is -1.65. The number of aromatic nitrogens is 2. The molecule has 2 amide bonds. The number of imidazole rings is 1. The van der Waals surface area contributed by atoms with Crippen LogP contribution in [0.4, 0.5) is 9.18 Å². The number of imide groups is 1. The molecule has 0 radical (unpaired) electrons. The molecule has 2 N–H and O–H groups in total. The van der Waals surface area contributed by atoms with Gasteiger partial charge in [0.15, 0.2) is 0 Å². The SMILES string of the molecule is CN(C(=O)O)C(=O)c1ccc(-c2ccc(Cl)cc2)c(COc2ccc(-c3nc4cc(C(=O)O)ccc4n3C3CCCCC3)c(F)c2)c1. The number of carboxylic acids is 1. The summed E-state index contributed by atoms with van der Waals surface area (Å²) in [7, 11) is 1.17. The van der Waals surface area contributed by atoms with Crippen LogP contribution in [-0.4, -0.2) is 49.7 Å². The van der Waals surface area contributed by atoms with Gasteiger partial charge < -0.3 is 19.5 Å². The van der Waals surface area contributed by atoms with E-state index in [1.165, 1.54) is 19.2 Å². The second kappa shape index (κ2) is 13.3. The van der Waals surface area contributed by atoms with Gasteiger partial charge in [0.1, 0.15) is 24.0 Å². The maximum atomic E-state index is 15.9. The minimum atomic E-state index is -1.38. The molecule has 0 aliphatic heterocycles. The second-order valence-corrected chi connectivity index (χ2v) is 12.0. The molecule has 0 saturated heterocycles. The van der Waals surface area contributed by atoms with Crippen molar-refractivity contribution in [3.8, 4) is 28.3 Å². The van der Waals surface area contributed by atoms with Crippen LogP contribution in [-0.2, 0) is 6.61 Å². The third-order valence-electron chi connectivity index (χ3n) is 8.55. The van der Waals surface area contributed by atoms with Crippen molar-refractivity contribution in [1.29, 1.82) is 0 Å². The first-order valence-electron chi connectivity index (χ1n) is 15.2. The van der Waals surface area contributed by atoms with Crippen molar-refractivity contribution in [2.24, 2.45) is 0 Å². The van der Waals surface area contributed by atoms with Crippen molar-refractivity contribution in [2.45, 2.75) is 44.8 Å². The van der Waals surface area contributed by atoms with Gasteiger partial charge in [0, 0.05) is 29.7 Å². The zero-order valence-corrected chi connectivity index (χ0v) is 26.2. The summed E-state index contributed by atoms with van der Waals surface area (Å²) in [6.45, 7) is -0.0484. The van der Waals surface area contributed by atoms with Crippen molar-refractivity contribution in [3.05, 3.63) is 106 Å². The Bertz CT molecular complexity index is 2000. The molecule has 9 nitrogen and oxygen atoms in total. The molecule has 0 spiro atoms. The minimum absolute atomic E-state index is 0.0484. The lowest BCUT2D eigenvalue weighted by molar-refractivity contribution is 0.0695. The maximum absolute atomic E-state index is 15.9. The summed E-state index contributed by atoms with van der Waals surface area (Å²) in [6.07, 6.45) is 3.68. The number of carbonyl (C=O) groups excluding carboxylic acids is 1. The summed E-state index contributed by atoms with van der Waals surface area (Å²) < 4.78 is 24.0. The Hall–Kier alpha value is -5.22. The van der Waals surface area contributed by atoms with Gasteiger partial charge in [-0.3, -0.25) is 4.79 Å². The summed E-state index contributed by atoms with van der Waals surface area (Å²) in [6, 6.07) is 21.3. The van der Waals surface area contributed by atoms with E-state index >= 15 is 4.39 Å². The molecule has 1 aliphatic rings. The van der Waals surface area contributed by atoms with Gasteiger partial charge >= 0.3 is 12.1 Å². The highest BCUT2D eigenvalue weighted by Crippen LogP contribution is 2.38. The molecule has 240 valence electrons. The molecule has 1 aromatic heterocycles. The van der Waals surface area contributed by atoms with Crippen LogP contribution in [0, 0.1) is 5.82 Å². The van der Waals surface area contributed by atoms with E-state index in [1.54, 1.807) is 54.6 Å². The van der Waals surface area contributed by atoms with Crippen LogP contribution in [0.15, 0.2) is 78.9 Å². The summed E-state index contributed by atoms with van der Waals surface area (Å²) in [4.78, 5) is 41.1. The smallest absolute Gasteiger partial charge is 0.414 e. The quantitative estimate of drug-likeness (QED) is 0.171. The van der Waals surface area contributed by atoms with Crippen LogP contribution in [0.3, 0.4) is 0 Å².